The zero-order valence-corrected chi connectivity index (χ0v) is 17.7. The summed E-state index contributed by atoms with van der Waals surface area (Å²) >= 11 is 0. The van der Waals surface area contributed by atoms with Crippen molar-refractivity contribution in [2.24, 2.45) is 12.8 Å². The lowest BCUT2D eigenvalue weighted by molar-refractivity contribution is -0.124. The summed E-state index contributed by atoms with van der Waals surface area (Å²) in [4.78, 5) is 26.1. The van der Waals surface area contributed by atoms with E-state index < -0.39 is 12.0 Å². The molecule has 1 saturated heterocycles. The van der Waals surface area contributed by atoms with E-state index in [1.165, 1.54) is 22.9 Å². The van der Waals surface area contributed by atoms with Gasteiger partial charge in [0.15, 0.2) is 6.10 Å². The lowest BCUT2D eigenvalue weighted by Crippen LogP contribution is -2.33. The number of nitrogens with two attached hydrogens (primary N) is 2. The van der Waals surface area contributed by atoms with Gasteiger partial charge in [-0.2, -0.15) is 5.10 Å². The summed E-state index contributed by atoms with van der Waals surface area (Å²) in [6.45, 7) is 5.65. The Morgan fingerprint density at radius 2 is 1.97 bits per heavy atom. The summed E-state index contributed by atoms with van der Waals surface area (Å²) in [5, 5.41) is 4.25. The van der Waals surface area contributed by atoms with Crippen molar-refractivity contribution in [3.63, 3.8) is 0 Å². The molecule has 9 nitrogen and oxygen atoms in total. The van der Waals surface area contributed by atoms with Crippen LogP contribution in [0, 0.1) is 5.82 Å². The number of likely N-dealkylation sites (N-methyl/N-ethyl adjacent to an activating group) is 1. The first kappa shape index (κ1) is 22.1. The highest BCUT2D eigenvalue weighted by atomic mass is 19.1. The Hall–Kier alpha value is -3.56. The second-order valence-electron chi connectivity index (χ2n) is 7.47. The normalized spacial score (nSPS) is 17.3. The number of carbonyl (C=O) groups is 2. The highest BCUT2D eigenvalue weighted by molar-refractivity contribution is 5.98. The number of anilines is 2. The Bertz CT molecular complexity index is 999. The predicted molar refractivity (Wildman–Crippen MR) is 115 cm³/mol. The van der Waals surface area contributed by atoms with Crippen molar-refractivity contribution in [3.05, 3.63) is 47.9 Å². The van der Waals surface area contributed by atoms with Gasteiger partial charge in [0.1, 0.15) is 28.6 Å². The Morgan fingerprint density at radius 1 is 1.29 bits per heavy atom. The van der Waals surface area contributed by atoms with Gasteiger partial charge < -0.3 is 26.0 Å². The molecule has 4 N–H and O–H groups in total. The number of primary amides is 1. The van der Waals surface area contributed by atoms with Crippen LogP contribution < -0.4 is 21.1 Å². The number of halogens is 1. The Morgan fingerprint density at radius 3 is 2.58 bits per heavy atom. The molecule has 31 heavy (non-hydrogen) atoms. The minimum absolute atomic E-state index is 0.0764. The lowest BCUT2D eigenvalue weighted by Gasteiger charge is -2.33. The first-order chi connectivity index (χ1) is 14.7. The van der Waals surface area contributed by atoms with Crippen LogP contribution in [0.5, 0.6) is 5.75 Å². The number of hydrogen-bond acceptors (Lipinski definition) is 6. The average Bonchev–Trinajstić information content (AvgIpc) is 3.37. The second-order valence-corrected chi connectivity index (χ2v) is 7.47. The third kappa shape index (κ3) is 4.62. The first-order valence-corrected chi connectivity index (χ1v) is 9.93. The number of aryl methyl sites for hydroxylation is 1. The second kappa shape index (κ2) is 9.07. The van der Waals surface area contributed by atoms with Gasteiger partial charge >= 0.3 is 0 Å². The molecule has 2 aliphatic heterocycles. The quantitative estimate of drug-likeness (QED) is 0.714. The Labute approximate surface area is 180 Å². The molecular weight excluding hydrogens is 403 g/mol. The molecule has 1 unspecified atom stereocenters. The third-order valence-electron chi connectivity index (χ3n) is 5.30. The van der Waals surface area contributed by atoms with Gasteiger partial charge in [-0.25, -0.2) is 4.39 Å². The number of nitrogen functional groups attached to an aromatic ring is 1. The van der Waals surface area contributed by atoms with Crippen molar-refractivity contribution in [1.82, 2.24) is 14.7 Å². The number of ether oxygens (including phenoxy) is 1. The largest absolute Gasteiger partial charge is 0.480 e. The van der Waals surface area contributed by atoms with E-state index in [0.717, 1.165) is 25.9 Å². The van der Waals surface area contributed by atoms with Gasteiger partial charge in [0.2, 0.25) is 5.91 Å². The number of aromatic nitrogens is 2. The number of hydrogen-bond donors (Lipinski definition) is 2. The average molecular weight is 430 g/mol. The predicted octanol–water partition coefficient (Wildman–Crippen LogP) is 1.60. The SMILES string of the molecule is C=CC(=O)N1CCCC1.CN1CC(c2nn(C)c(N)c2C(N)=O)Oc2ccc(F)cc21. The maximum atomic E-state index is 13.3. The van der Waals surface area contributed by atoms with Crippen LogP contribution in [0.15, 0.2) is 30.9 Å². The van der Waals surface area contributed by atoms with Crippen LogP contribution in [-0.4, -0.2) is 53.2 Å². The maximum absolute atomic E-state index is 13.3. The summed E-state index contributed by atoms with van der Waals surface area (Å²) < 4.78 is 20.6. The first-order valence-electron chi connectivity index (χ1n) is 9.93. The number of amides is 2. The van der Waals surface area contributed by atoms with Crippen LogP contribution in [-0.2, 0) is 11.8 Å². The highest BCUT2D eigenvalue weighted by Crippen LogP contribution is 2.38. The molecule has 1 fully saturated rings. The van der Waals surface area contributed by atoms with E-state index >= 15 is 0 Å². The number of fused-ring (bicyclic) bond motifs is 1. The molecule has 2 aromatic rings. The summed E-state index contributed by atoms with van der Waals surface area (Å²) in [7, 11) is 3.44. The standard InChI is InChI=1S/C14H16FN5O2.C7H11NO/c1-19-6-10(22-9-4-3-7(15)5-8(9)19)12-11(14(17)21)13(16)20(2)18-12;1-2-7(9)8-5-3-4-6-8/h3-5,10H,6,16H2,1-2H3,(H2,17,21);2H,1,3-6H2. The highest BCUT2D eigenvalue weighted by Gasteiger charge is 2.32. The number of likely N-dealkylation sites (tertiary alicyclic amines) is 1. The van der Waals surface area contributed by atoms with Crippen molar-refractivity contribution >= 4 is 23.3 Å². The third-order valence-corrected chi connectivity index (χ3v) is 5.30. The maximum Gasteiger partial charge on any atom is 0.254 e. The van der Waals surface area contributed by atoms with Crippen molar-refractivity contribution in [3.8, 4) is 5.75 Å². The summed E-state index contributed by atoms with van der Waals surface area (Å²) in [6, 6.07) is 4.26. The van der Waals surface area contributed by atoms with Crippen molar-refractivity contribution in [2.75, 3.05) is 37.3 Å². The van der Waals surface area contributed by atoms with Crippen molar-refractivity contribution in [2.45, 2.75) is 18.9 Å². The van der Waals surface area contributed by atoms with Gasteiger partial charge in [-0.1, -0.05) is 6.58 Å². The lowest BCUT2D eigenvalue weighted by atomic mass is 10.1. The molecule has 1 aromatic heterocycles. The fraction of sp³-hybridized carbons (Fsp3) is 0.381. The molecule has 166 valence electrons. The molecule has 4 rings (SSSR count). The number of nitrogens with zero attached hydrogens (tertiary/aromatic N) is 4. The summed E-state index contributed by atoms with van der Waals surface area (Å²) in [5.41, 5.74) is 12.4. The van der Waals surface area contributed by atoms with E-state index in [1.807, 2.05) is 16.8 Å². The minimum Gasteiger partial charge on any atom is -0.480 e. The van der Waals surface area contributed by atoms with Crippen LogP contribution in [0.3, 0.4) is 0 Å². The number of rotatable bonds is 3. The molecule has 2 amide bonds. The van der Waals surface area contributed by atoms with Gasteiger partial charge in [-0.3, -0.25) is 14.3 Å². The van der Waals surface area contributed by atoms with Crippen LogP contribution in [0.1, 0.15) is 35.0 Å². The summed E-state index contributed by atoms with van der Waals surface area (Å²) in [6.07, 6.45) is 3.17. The van der Waals surface area contributed by atoms with Crippen LogP contribution >= 0.6 is 0 Å². The molecule has 0 aliphatic carbocycles. The zero-order valence-electron chi connectivity index (χ0n) is 17.7. The van der Waals surface area contributed by atoms with Crippen LogP contribution in [0.2, 0.25) is 0 Å². The molecule has 0 saturated carbocycles. The molecule has 2 aliphatic rings. The van der Waals surface area contributed by atoms with Crippen LogP contribution in [0.25, 0.3) is 0 Å². The molecular formula is C21H27FN6O3. The van der Waals surface area contributed by atoms with E-state index in [4.69, 9.17) is 16.2 Å². The van der Waals surface area contributed by atoms with Gasteiger partial charge in [-0.15, -0.1) is 0 Å². The zero-order chi connectivity index (χ0) is 22.7. The van der Waals surface area contributed by atoms with E-state index in [9.17, 15) is 14.0 Å². The molecule has 0 bridgehead atoms. The topological polar surface area (TPSA) is 120 Å². The molecule has 0 spiro atoms. The molecule has 1 aromatic carbocycles. The monoisotopic (exact) mass is 430 g/mol. The van der Waals surface area contributed by atoms with Gasteiger partial charge in [0.25, 0.3) is 5.91 Å². The van der Waals surface area contributed by atoms with E-state index in [0.29, 0.717) is 23.7 Å². The van der Waals surface area contributed by atoms with E-state index in [2.05, 4.69) is 11.7 Å². The molecule has 3 heterocycles. The molecule has 0 radical (unpaired) electrons. The summed E-state index contributed by atoms with van der Waals surface area (Å²) in [5.74, 6) is -0.213. The van der Waals surface area contributed by atoms with Crippen molar-refractivity contribution < 1.29 is 18.7 Å². The number of carbonyl (C=O) groups excluding carboxylic acids is 2. The van der Waals surface area contributed by atoms with Gasteiger partial charge in [0.05, 0.1) is 12.2 Å². The molecule has 10 heteroatoms. The van der Waals surface area contributed by atoms with Crippen molar-refractivity contribution in [1.29, 1.82) is 0 Å². The fourth-order valence-corrected chi connectivity index (χ4v) is 3.67. The number of benzene rings is 1. The molecule has 1 atom stereocenters. The van der Waals surface area contributed by atoms with Crippen LogP contribution in [0.4, 0.5) is 15.9 Å². The fourth-order valence-electron chi connectivity index (χ4n) is 3.67. The minimum atomic E-state index is -0.656. The van der Waals surface area contributed by atoms with E-state index in [-0.39, 0.29) is 23.1 Å². The van der Waals surface area contributed by atoms with Gasteiger partial charge in [-0.05, 0) is 31.1 Å². The Kier molecular flexibility index (Phi) is 6.47. The smallest absolute Gasteiger partial charge is 0.254 e. The van der Waals surface area contributed by atoms with Gasteiger partial charge in [0, 0.05) is 33.3 Å². The van der Waals surface area contributed by atoms with E-state index in [1.54, 1.807) is 13.1 Å². The Balaban J connectivity index is 0.000000254.